The van der Waals surface area contributed by atoms with Gasteiger partial charge in [0.15, 0.2) is 0 Å². The fraction of sp³-hybridized carbons (Fsp3) is 0. The molecule has 0 saturated heterocycles. The predicted octanol–water partition coefficient (Wildman–Crippen LogP) is 11.8. The van der Waals surface area contributed by atoms with Gasteiger partial charge in [0.25, 0.3) is 0 Å². The van der Waals surface area contributed by atoms with Gasteiger partial charge in [0, 0.05) is 22.8 Å². The Morgan fingerprint density at radius 2 is 0.857 bits per heavy atom. The molecule has 0 aliphatic heterocycles. The lowest BCUT2D eigenvalue weighted by atomic mass is 9.97. The van der Waals surface area contributed by atoms with Crippen LogP contribution in [0.1, 0.15) is 33.4 Å². The fourth-order valence-corrected chi connectivity index (χ4v) is 5.92. The molecule has 236 valence electrons. The van der Waals surface area contributed by atoms with E-state index in [1.54, 1.807) is 24.3 Å². The molecule has 49 heavy (non-hydrogen) atoms. The molecule has 0 aliphatic carbocycles. The van der Waals surface area contributed by atoms with Crippen LogP contribution >= 0.6 is 0 Å². The third-order valence-corrected chi connectivity index (χ3v) is 8.50. The Balaban J connectivity index is 1.35. The maximum atomic E-state index is 9.72. The van der Waals surface area contributed by atoms with Crippen molar-refractivity contribution in [1.82, 2.24) is 0 Å². The van der Waals surface area contributed by atoms with Crippen LogP contribution in [0.2, 0.25) is 0 Å². The van der Waals surface area contributed by atoms with Gasteiger partial charge in [0.05, 0.1) is 5.69 Å². The highest BCUT2D eigenvalue weighted by Crippen LogP contribution is 2.37. The highest BCUT2D eigenvalue weighted by atomic mass is 16.3. The van der Waals surface area contributed by atoms with Crippen molar-refractivity contribution in [2.45, 2.75) is 0 Å². The Morgan fingerprint density at radius 1 is 0.408 bits per heavy atom. The van der Waals surface area contributed by atoms with Crippen LogP contribution in [0.15, 0.2) is 176 Å². The van der Waals surface area contributed by atoms with Gasteiger partial charge in [-0.1, -0.05) is 152 Å². The van der Waals surface area contributed by atoms with Crippen molar-refractivity contribution in [3.63, 3.8) is 0 Å². The van der Waals surface area contributed by atoms with Crippen LogP contribution in [-0.4, -0.2) is 10.2 Å². The first-order valence-electron chi connectivity index (χ1n) is 16.3. The summed E-state index contributed by atoms with van der Waals surface area (Å²) in [4.78, 5) is 2.29. The Hall–Kier alpha value is -6.58. The lowest BCUT2D eigenvalue weighted by Gasteiger charge is -2.25. The highest BCUT2D eigenvalue weighted by molar-refractivity contribution is 6.03. The van der Waals surface area contributed by atoms with E-state index in [0.29, 0.717) is 0 Å². The molecule has 0 saturated carbocycles. The van der Waals surface area contributed by atoms with Gasteiger partial charge in [0.2, 0.25) is 0 Å². The molecule has 0 aromatic heterocycles. The van der Waals surface area contributed by atoms with Crippen molar-refractivity contribution < 1.29 is 10.2 Å². The first kappa shape index (κ1) is 31.0. The molecule has 3 nitrogen and oxygen atoms in total. The third-order valence-electron chi connectivity index (χ3n) is 8.50. The number of rotatable bonds is 9. The second-order valence-electron chi connectivity index (χ2n) is 11.8. The summed E-state index contributed by atoms with van der Waals surface area (Å²) >= 11 is 0. The number of phenols is 2. The standard InChI is InChI=1S/C46H35NO2/c48-41-28-20-35(21-29-41)16-15-34-18-26-40(27-19-34)47(33-45(37-9-3-1-4-10-37)38-11-5-2-6-12-38)46-32-25-39(43-13-7-8-14-44(43)46)24-17-36-22-30-42(49)31-23-36/h1-33,48-49H. The van der Waals surface area contributed by atoms with Gasteiger partial charge in [-0.25, -0.2) is 0 Å². The largest absolute Gasteiger partial charge is 0.508 e. The molecule has 0 spiro atoms. The molecule has 7 aromatic rings. The molecule has 0 aliphatic rings. The van der Waals surface area contributed by atoms with Crippen LogP contribution in [0.3, 0.4) is 0 Å². The maximum Gasteiger partial charge on any atom is 0.115 e. The van der Waals surface area contributed by atoms with Crippen molar-refractivity contribution in [1.29, 1.82) is 0 Å². The Bertz CT molecular complexity index is 2210. The normalized spacial score (nSPS) is 11.3. The summed E-state index contributed by atoms with van der Waals surface area (Å²) in [6.45, 7) is 0. The zero-order valence-electron chi connectivity index (χ0n) is 26.9. The summed E-state index contributed by atoms with van der Waals surface area (Å²) in [6.07, 6.45) is 10.6. The number of nitrogens with zero attached hydrogens (tertiary/aromatic N) is 1. The highest BCUT2D eigenvalue weighted by Gasteiger charge is 2.15. The molecule has 0 radical (unpaired) electrons. The Kier molecular flexibility index (Phi) is 9.16. The quantitative estimate of drug-likeness (QED) is 0.155. The zero-order chi connectivity index (χ0) is 33.4. The number of hydrogen-bond donors (Lipinski definition) is 2. The minimum absolute atomic E-state index is 0.256. The maximum absolute atomic E-state index is 9.72. The molecule has 2 N–H and O–H groups in total. The van der Waals surface area contributed by atoms with Crippen molar-refractivity contribution >= 4 is 52.0 Å². The van der Waals surface area contributed by atoms with Gasteiger partial charge < -0.3 is 15.1 Å². The lowest BCUT2D eigenvalue weighted by Crippen LogP contribution is -2.11. The van der Waals surface area contributed by atoms with E-state index < -0.39 is 0 Å². The third kappa shape index (κ3) is 7.38. The molecular formula is C46H35NO2. The van der Waals surface area contributed by atoms with E-state index in [9.17, 15) is 10.2 Å². The molecule has 0 unspecified atom stereocenters. The van der Waals surface area contributed by atoms with Crippen molar-refractivity contribution in [2.75, 3.05) is 4.90 Å². The number of phenolic OH excluding ortho intramolecular Hbond substituents is 2. The van der Waals surface area contributed by atoms with E-state index >= 15 is 0 Å². The molecular weight excluding hydrogens is 599 g/mol. The summed E-state index contributed by atoms with van der Waals surface area (Å²) in [5, 5.41) is 21.6. The Labute approximate surface area is 287 Å². The molecule has 0 atom stereocenters. The minimum atomic E-state index is 0.256. The topological polar surface area (TPSA) is 43.7 Å². The summed E-state index contributed by atoms with van der Waals surface area (Å²) in [5.41, 5.74) is 9.69. The van der Waals surface area contributed by atoms with Gasteiger partial charge in [0.1, 0.15) is 11.5 Å². The number of hydrogen-bond acceptors (Lipinski definition) is 3. The molecule has 0 fully saturated rings. The number of aromatic hydroxyl groups is 2. The zero-order valence-corrected chi connectivity index (χ0v) is 26.9. The van der Waals surface area contributed by atoms with Crippen LogP contribution in [0, 0.1) is 0 Å². The lowest BCUT2D eigenvalue weighted by molar-refractivity contribution is 0.474. The van der Waals surface area contributed by atoms with Crippen LogP contribution in [0.25, 0.3) is 40.6 Å². The van der Waals surface area contributed by atoms with Crippen LogP contribution < -0.4 is 4.90 Å². The molecule has 0 heterocycles. The van der Waals surface area contributed by atoms with Gasteiger partial charge in [-0.15, -0.1) is 0 Å². The first-order chi connectivity index (χ1) is 24.1. The van der Waals surface area contributed by atoms with Gasteiger partial charge in [-0.3, -0.25) is 0 Å². The minimum Gasteiger partial charge on any atom is -0.508 e. The van der Waals surface area contributed by atoms with E-state index in [0.717, 1.165) is 61.1 Å². The van der Waals surface area contributed by atoms with Crippen LogP contribution in [0.4, 0.5) is 11.4 Å². The van der Waals surface area contributed by atoms with E-state index in [2.05, 4.69) is 139 Å². The molecule has 0 bridgehead atoms. The number of fused-ring (bicyclic) bond motifs is 1. The molecule has 7 aromatic carbocycles. The SMILES string of the molecule is Oc1ccc(C=Cc2ccc(N(C=C(c3ccccc3)c3ccccc3)c3ccc(C=Cc4ccc(O)cc4)c4ccccc34)cc2)cc1. The number of benzene rings is 7. The van der Waals surface area contributed by atoms with E-state index in [1.807, 2.05) is 42.5 Å². The van der Waals surface area contributed by atoms with Gasteiger partial charge in [-0.05, 0) is 81.2 Å². The van der Waals surface area contributed by atoms with Gasteiger partial charge >= 0.3 is 0 Å². The monoisotopic (exact) mass is 633 g/mol. The van der Waals surface area contributed by atoms with Gasteiger partial charge in [-0.2, -0.15) is 0 Å². The Morgan fingerprint density at radius 3 is 1.39 bits per heavy atom. The summed E-state index contributed by atoms with van der Waals surface area (Å²) in [5.74, 6) is 0.515. The fourth-order valence-electron chi connectivity index (χ4n) is 5.92. The second kappa shape index (κ2) is 14.5. The van der Waals surface area contributed by atoms with Crippen molar-refractivity contribution in [3.05, 3.63) is 209 Å². The van der Waals surface area contributed by atoms with E-state index in [4.69, 9.17) is 0 Å². The first-order valence-corrected chi connectivity index (χ1v) is 16.3. The number of anilines is 2. The smallest absolute Gasteiger partial charge is 0.115 e. The summed E-state index contributed by atoms with van der Waals surface area (Å²) in [7, 11) is 0. The van der Waals surface area contributed by atoms with E-state index in [1.165, 1.54) is 0 Å². The summed E-state index contributed by atoms with van der Waals surface area (Å²) in [6, 6.07) is 56.9. The average Bonchev–Trinajstić information content (AvgIpc) is 3.16. The van der Waals surface area contributed by atoms with E-state index in [-0.39, 0.29) is 11.5 Å². The van der Waals surface area contributed by atoms with Crippen LogP contribution in [0.5, 0.6) is 11.5 Å². The van der Waals surface area contributed by atoms with Crippen LogP contribution in [-0.2, 0) is 0 Å². The molecule has 3 heteroatoms. The predicted molar refractivity (Wildman–Crippen MR) is 207 cm³/mol. The molecule has 0 amide bonds. The second-order valence-corrected chi connectivity index (χ2v) is 11.8. The average molecular weight is 634 g/mol. The van der Waals surface area contributed by atoms with Crippen molar-refractivity contribution in [2.24, 2.45) is 0 Å². The van der Waals surface area contributed by atoms with Crippen molar-refractivity contribution in [3.8, 4) is 11.5 Å². The molecule has 7 rings (SSSR count). The summed E-state index contributed by atoms with van der Waals surface area (Å²) < 4.78 is 0.